The molecule has 1 saturated heterocycles. The van der Waals surface area contributed by atoms with Crippen LogP contribution in [0, 0.1) is 5.82 Å². The number of anilines is 1. The van der Waals surface area contributed by atoms with E-state index < -0.39 is 0 Å². The van der Waals surface area contributed by atoms with E-state index in [0.29, 0.717) is 24.5 Å². The zero-order chi connectivity index (χ0) is 16.9. The summed E-state index contributed by atoms with van der Waals surface area (Å²) in [6.07, 6.45) is 1.24. The summed E-state index contributed by atoms with van der Waals surface area (Å²) < 4.78 is 13.0. The van der Waals surface area contributed by atoms with E-state index in [1.807, 2.05) is 29.2 Å². The number of halogens is 2. The normalized spacial score (nSPS) is 14.8. The predicted octanol–water partition coefficient (Wildman–Crippen LogP) is 3.76. The average molecular weight is 347 g/mol. The van der Waals surface area contributed by atoms with Crippen LogP contribution in [-0.2, 0) is 11.2 Å². The molecule has 0 aromatic heterocycles. The highest BCUT2D eigenvalue weighted by Crippen LogP contribution is 2.18. The van der Waals surface area contributed by atoms with Crippen molar-refractivity contribution >= 4 is 23.2 Å². The van der Waals surface area contributed by atoms with Crippen molar-refractivity contribution < 1.29 is 9.18 Å². The smallest absolute Gasteiger partial charge is 0.223 e. The van der Waals surface area contributed by atoms with Crippen LogP contribution >= 0.6 is 11.6 Å². The first-order chi connectivity index (χ1) is 11.6. The maximum atomic E-state index is 13.0. The lowest BCUT2D eigenvalue weighted by atomic mass is 10.1. The lowest BCUT2D eigenvalue weighted by Crippen LogP contribution is -2.48. The molecule has 2 aromatic carbocycles. The molecule has 0 radical (unpaired) electrons. The lowest BCUT2D eigenvalue weighted by molar-refractivity contribution is -0.131. The van der Waals surface area contributed by atoms with E-state index in [4.69, 9.17) is 11.6 Å². The van der Waals surface area contributed by atoms with Gasteiger partial charge < -0.3 is 9.80 Å². The number of carbonyl (C=O) groups excluding carboxylic acids is 1. The van der Waals surface area contributed by atoms with Crippen molar-refractivity contribution in [2.75, 3.05) is 31.1 Å². The van der Waals surface area contributed by atoms with Crippen LogP contribution in [0.1, 0.15) is 12.0 Å². The molecule has 1 amide bonds. The van der Waals surface area contributed by atoms with Gasteiger partial charge in [0.15, 0.2) is 0 Å². The molecule has 1 aliphatic rings. The molecule has 0 saturated carbocycles. The molecule has 3 rings (SSSR count). The minimum atomic E-state index is -0.227. The molecule has 0 bridgehead atoms. The van der Waals surface area contributed by atoms with Gasteiger partial charge in [-0.2, -0.15) is 0 Å². The Labute approximate surface area is 146 Å². The zero-order valence-corrected chi connectivity index (χ0v) is 14.2. The molecular formula is C19H20ClFN2O. The molecule has 5 heteroatoms. The van der Waals surface area contributed by atoms with Gasteiger partial charge in [-0.1, -0.05) is 23.7 Å². The fourth-order valence-electron chi connectivity index (χ4n) is 2.93. The maximum Gasteiger partial charge on any atom is 0.223 e. The van der Waals surface area contributed by atoms with E-state index in [1.54, 1.807) is 12.1 Å². The average Bonchev–Trinajstić information content (AvgIpc) is 2.62. The number of hydrogen-bond acceptors (Lipinski definition) is 2. The van der Waals surface area contributed by atoms with Crippen molar-refractivity contribution in [3.8, 4) is 0 Å². The van der Waals surface area contributed by atoms with Gasteiger partial charge in [0.1, 0.15) is 5.82 Å². The summed E-state index contributed by atoms with van der Waals surface area (Å²) in [6, 6.07) is 14.1. The van der Waals surface area contributed by atoms with Crippen LogP contribution in [0.4, 0.5) is 10.1 Å². The van der Waals surface area contributed by atoms with Crippen LogP contribution < -0.4 is 4.90 Å². The number of carbonyl (C=O) groups is 1. The summed E-state index contributed by atoms with van der Waals surface area (Å²) in [4.78, 5) is 16.5. The van der Waals surface area contributed by atoms with Crippen molar-refractivity contribution in [1.82, 2.24) is 4.90 Å². The van der Waals surface area contributed by atoms with E-state index in [1.165, 1.54) is 12.1 Å². The fourth-order valence-corrected chi connectivity index (χ4v) is 3.05. The third-order valence-corrected chi connectivity index (χ3v) is 4.62. The summed E-state index contributed by atoms with van der Waals surface area (Å²) in [7, 11) is 0. The van der Waals surface area contributed by atoms with Gasteiger partial charge in [-0.05, 0) is 48.4 Å². The maximum absolute atomic E-state index is 13.0. The zero-order valence-electron chi connectivity index (χ0n) is 13.4. The third-order valence-electron chi connectivity index (χ3n) is 4.36. The van der Waals surface area contributed by atoms with Crippen molar-refractivity contribution in [3.63, 3.8) is 0 Å². The number of piperazine rings is 1. The quantitative estimate of drug-likeness (QED) is 0.841. The molecule has 0 unspecified atom stereocenters. The molecule has 0 aliphatic carbocycles. The molecule has 24 heavy (non-hydrogen) atoms. The van der Waals surface area contributed by atoms with E-state index in [0.717, 1.165) is 30.8 Å². The predicted molar refractivity (Wildman–Crippen MR) is 95.0 cm³/mol. The molecule has 1 aliphatic heterocycles. The Hall–Kier alpha value is -2.07. The number of amides is 1. The molecular weight excluding hydrogens is 327 g/mol. The first-order valence-electron chi connectivity index (χ1n) is 8.14. The number of benzene rings is 2. The fraction of sp³-hybridized carbons (Fsp3) is 0.316. The van der Waals surface area contributed by atoms with Crippen LogP contribution in [0.15, 0.2) is 48.5 Å². The van der Waals surface area contributed by atoms with Gasteiger partial charge in [-0.15, -0.1) is 0 Å². The highest BCUT2D eigenvalue weighted by atomic mass is 35.5. The second-order valence-electron chi connectivity index (χ2n) is 5.97. The van der Waals surface area contributed by atoms with Crippen molar-refractivity contribution in [1.29, 1.82) is 0 Å². The molecule has 2 aromatic rings. The van der Waals surface area contributed by atoms with Crippen LogP contribution in [0.2, 0.25) is 5.02 Å². The third kappa shape index (κ3) is 4.26. The van der Waals surface area contributed by atoms with E-state index in [2.05, 4.69) is 4.90 Å². The largest absolute Gasteiger partial charge is 0.368 e. The minimum absolute atomic E-state index is 0.184. The van der Waals surface area contributed by atoms with Gasteiger partial charge in [-0.3, -0.25) is 4.79 Å². The monoisotopic (exact) mass is 346 g/mol. The van der Waals surface area contributed by atoms with Gasteiger partial charge in [0, 0.05) is 43.3 Å². The van der Waals surface area contributed by atoms with E-state index in [9.17, 15) is 9.18 Å². The number of rotatable bonds is 4. The number of nitrogens with zero attached hydrogens (tertiary/aromatic N) is 2. The molecule has 0 N–H and O–H groups in total. The summed E-state index contributed by atoms with van der Waals surface area (Å²) in [5, 5.41) is 0.710. The SMILES string of the molecule is O=C(CCc1ccc(Cl)cc1)N1CCN(c2ccc(F)cc2)CC1. The van der Waals surface area contributed by atoms with Gasteiger partial charge in [-0.25, -0.2) is 4.39 Å². The summed E-state index contributed by atoms with van der Waals surface area (Å²) in [5.41, 5.74) is 2.13. The lowest BCUT2D eigenvalue weighted by Gasteiger charge is -2.36. The molecule has 0 spiro atoms. The molecule has 0 atom stereocenters. The first kappa shape index (κ1) is 16.8. The Morgan fingerprint density at radius 2 is 1.58 bits per heavy atom. The van der Waals surface area contributed by atoms with Gasteiger partial charge in [0.25, 0.3) is 0 Å². The van der Waals surface area contributed by atoms with E-state index >= 15 is 0 Å². The first-order valence-corrected chi connectivity index (χ1v) is 8.52. The van der Waals surface area contributed by atoms with Crippen molar-refractivity contribution in [2.45, 2.75) is 12.8 Å². The summed E-state index contributed by atoms with van der Waals surface area (Å²) in [6.45, 7) is 2.96. The van der Waals surface area contributed by atoms with E-state index in [-0.39, 0.29) is 11.7 Å². The van der Waals surface area contributed by atoms with Crippen LogP contribution in [0.25, 0.3) is 0 Å². The number of hydrogen-bond donors (Lipinski definition) is 0. The molecule has 1 fully saturated rings. The van der Waals surface area contributed by atoms with Gasteiger partial charge in [0.2, 0.25) is 5.91 Å². The highest BCUT2D eigenvalue weighted by Gasteiger charge is 2.21. The topological polar surface area (TPSA) is 23.6 Å². The van der Waals surface area contributed by atoms with Crippen LogP contribution in [-0.4, -0.2) is 37.0 Å². The molecule has 126 valence electrons. The Balaban J connectivity index is 1.48. The molecule has 3 nitrogen and oxygen atoms in total. The summed E-state index contributed by atoms with van der Waals surface area (Å²) in [5.74, 6) is -0.0431. The standard InChI is InChI=1S/C19H20ClFN2O/c20-16-4-1-15(2-5-16)3-10-19(24)23-13-11-22(12-14-23)18-8-6-17(21)7-9-18/h1-2,4-9H,3,10-14H2. The Morgan fingerprint density at radius 3 is 2.21 bits per heavy atom. The van der Waals surface area contributed by atoms with Crippen molar-refractivity contribution in [3.05, 3.63) is 64.9 Å². The summed E-state index contributed by atoms with van der Waals surface area (Å²) >= 11 is 5.87. The van der Waals surface area contributed by atoms with Gasteiger partial charge in [0.05, 0.1) is 0 Å². The second-order valence-corrected chi connectivity index (χ2v) is 6.41. The Morgan fingerprint density at radius 1 is 0.958 bits per heavy atom. The van der Waals surface area contributed by atoms with Crippen molar-refractivity contribution in [2.24, 2.45) is 0 Å². The van der Waals surface area contributed by atoms with Crippen LogP contribution in [0.5, 0.6) is 0 Å². The Kier molecular flexibility index (Phi) is 5.36. The second kappa shape index (κ2) is 7.67. The van der Waals surface area contributed by atoms with Crippen LogP contribution in [0.3, 0.4) is 0 Å². The van der Waals surface area contributed by atoms with Gasteiger partial charge >= 0.3 is 0 Å². The highest BCUT2D eigenvalue weighted by molar-refractivity contribution is 6.30. The Bertz CT molecular complexity index is 680. The number of aryl methyl sites for hydroxylation is 1. The minimum Gasteiger partial charge on any atom is -0.368 e. The molecule has 1 heterocycles.